The van der Waals surface area contributed by atoms with E-state index in [0.717, 1.165) is 11.0 Å². The van der Waals surface area contributed by atoms with Crippen molar-refractivity contribution in [3.63, 3.8) is 0 Å². The first-order chi connectivity index (χ1) is 7.40. The average Bonchev–Trinajstić information content (AvgIpc) is 2.67. The maximum Gasteiger partial charge on any atom is 0.222 e. The Bertz CT molecular complexity index is 463. The predicted molar refractivity (Wildman–Crippen MR) is 63.0 cm³/mol. The minimum Gasteiger partial charge on any atom is -0.323 e. The Morgan fingerprint density at radius 2 is 2.27 bits per heavy atom. The number of hydrogen-bond donors (Lipinski definition) is 2. The van der Waals surface area contributed by atoms with Crippen molar-refractivity contribution >= 4 is 23.2 Å². The minimum atomic E-state index is 0.650. The van der Waals surface area contributed by atoms with E-state index in [1.165, 1.54) is 0 Å². The van der Waals surface area contributed by atoms with Gasteiger partial charge in [0.25, 0.3) is 0 Å². The van der Waals surface area contributed by atoms with Crippen molar-refractivity contribution in [2.45, 2.75) is 6.92 Å². The van der Waals surface area contributed by atoms with Crippen LogP contribution in [0.15, 0.2) is 41.5 Å². The molecule has 0 saturated carbocycles. The lowest BCUT2D eigenvalue weighted by Crippen LogP contribution is -1.89. The molecule has 0 unspecified atom stereocenters. The van der Waals surface area contributed by atoms with Gasteiger partial charge in [-0.3, -0.25) is 0 Å². The zero-order chi connectivity index (χ0) is 10.5. The molecule has 4 nitrogen and oxygen atoms in total. The molecule has 76 valence electrons. The van der Waals surface area contributed by atoms with Crippen molar-refractivity contribution in [3.8, 4) is 0 Å². The molecule has 1 heterocycles. The highest BCUT2D eigenvalue weighted by Gasteiger charge is 1.98. The summed E-state index contributed by atoms with van der Waals surface area (Å²) in [7, 11) is 0. The van der Waals surface area contributed by atoms with E-state index in [-0.39, 0.29) is 0 Å². The molecule has 0 radical (unpaired) electrons. The number of nitrogens with one attached hydrogen (secondary N) is 2. The third kappa shape index (κ3) is 2.22. The molecule has 0 bridgehead atoms. The highest BCUT2D eigenvalue weighted by molar-refractivity contribution is 5.77. The fourth-order valence-corrected chi connectivity index (χ4v) is 1.23. The Labute approximate surface area is 87.7 Å². The molecule has 0 saturated heterocycles. The number of hydrazone groups is 1. The number of hydrogen-bond acceptors (Lipinski definition) is 3. The molecule has 0 amide bonds. The fourth-order valence-electron chi connectivity index (χ4n) is 1.23. The highest BCUT2D eigenvalue weighted by atomic mass is 15.3. The SMILES string of the molecule is C/C=C/C=N/Nc1nc2ccccc2[nH]1. The van der Waals surface area contributed by atoms with Gasteiger partial charge in [0, 0.05) is 6.21 Å². The quantitative estimate of drug-likeness (QED) is 0.591. The maximum atomic E-state index is 4.31. The molecule has 0 aliphatic rings. The summed E-state index contributed by atoms with van der Waals surface area (Å²) < 4.78 is 0. The number of benzene rings is 1. The number of anilines is 1. The molecular weight excluding hydrogens is 188 g/mol. The van der Waals surface area contributed by atoms with Gasteiger partial charge in [-0.25, -0.2) is 10.4 Å². The van der Waals surface area contributed by atoms with Crippen LogP contribution < -0.4 is 5.43 Å². The monoisotopic (exact) mass is 200 g/mol. The number of imidazole rings is 1. The summed E-state index contributed by atoms with van der Waals surface area (Å²) in [6.45, 7) is 1.94. The lowest BCUT2D eigenvalue weighted by atomic mass is 10.3. The summed E-state index contributed by atoms with van der Waals surface area (Å²) in [5.74, 6) is 0.650. The van der Waals surface area contributed by atoms with Crippen LogP contribution in [0.4, 0.5) is 5.95 Å². The van der Waals surface area contributed by atoms with E-state index in [4.69, 9.17) is 0 Å². The van der Waals surface area contributed by atoms with Crippen LogP contribution >= 0.6 is 0 Å². The summed E-state index contributed by atoms with van der Waals surface area (Å²) in [6.07, 6.45) is 5.42. The molecule has 1 aromatic heterocycles. The number of rotatable bonds is 3. The van der Waals surface area contributed by atoms with Crippen LogP contribution in [0.3, 0.4) is 0 Å². The van der Waals surface area contributed by atoms with Gasteiger partial charge in [-0.2, -0.15) is 5.10 Å². The van der Waals surface area contributed by atoms with Gasteiger partial charge in [-0.15, -0.1) is 0 Å². The normalized spacial score (nSPS) is 11.8. The van der Waals surface area contributed by atoms with E-state index in [1.807, 2.05) is 43.3 Å². The number of aromatic amines is 1. The molecular formula is C11H12N4. The molecule has 4 heteroatoms. The zero-order valence-electron chi connectivity index (χ0n) is 8.44. The Morgan fingerprint density at radius 3 is 3.07 bits per heavy atom. The van der Waals surface area contributed by atoms with Gasteiger partial charge >= 0.3 is 0 Å². The van der Waals surface area contributed by atoms with Crippen molar-refractivity contribution in [1.29, 1.82) is 0 Å². The first kappa shape index (κ1) is 9.45. The average molecular weight is 200 g/mol. The van der Waals surface area contributed by atoms with E-state index in [9.17, 15) is 0 Å². The summed E-state index contributed by atoms with van der Waals surface area (Å²) in [5.41, 5.74) is 4.75. The van der Waals surface area contributed by atoms with Crippen molar-refractivity contribution < 1.29 is 0 Å². The van der Waals surface area contributed by atoms with Crippen LogP contribution in [0.2, 0.25) is 0 Å². The standard InChI is InChI=1S/C11H12N4/c1-2-3-8-12-15-11-13-9-6-4-5-7-10(9)14-11/h2-8H,1H3,(H2,13,14,15)/b3-2+,12-8+. The number of nitrogens with zero attached hydrogens (tertiary/aromatic N) is 2. The van der Waals surface area contributed by atoms with Crippen molar-refractivity contribution in [3.05, 3.63) is 36.4 Å². The Balaban J connectivity index is 2.15. The van der Waals surface area contributed by atoms with Crippen molar-refractivity contribution in [1.82, 2.24) is 9.97 Å². The smallest absolute Gasteiger partial charge is 0.222 e. The Kier molecular flexibility index (Phi) is 2.78. The van der Waals surface area contributed by atoms with Crippen LogP contribution in [0, 0.1) is 0 Å². The third-order valence-electron chi connectivity index (χ3n) is 1.91. The number of fused-ring (bicyclic) bond motifs is 1. The third-order valence-corrected chi connectivity index (χ3v) is 1.91. The van der Waals surface area contributed by atoms with Gasteiger partial charge in [-0.1, -0.05) is 18.2 Å². The summed E-state index contributed by atoms with van der Waals surface area (Å²) in [6, 6.07) is 7.85. The van der Waals surface area contributed by atoms with Crippen LogP contribution in [0.5, 0.6) is 0 Å². The van der Waals surface area contributed by atoms with Gasteiger partial charge in [0.1, 0.15) is 0 Å². The lowest BCUT2D eigenvalue weighted by Gasteiger charge is -1.90. The number of para-hydroxylation sites is 2. The molecule has 15 heavy (non-hydrogen) atoms. The largest absolute Gasteiger partial charge is 0.323 e. The lowest BCUT2D eigenvalue weighted by molar-refractivity contribution is 1.22. The fraction of sp³-hybridized carbons (Fsp3) is 0.0909. The molecule has 0 fully saturated rings. The Morgan fingerprint density at radius 1 is 1.40 bits per heavy atom. The zero-order valence-corrected chi connectivity index (χ0v) is 8.44. The highest BCUT2D eigenvalue weighted by Crippen LogP contribution is 2.12. The topological polar surface area (TPSA) is 53.1 Å². The van der Waals surface area contributed by atoms with E-state index < -0.39 is 0 Å². The molecule has 2 N–H and O–H groups in total. The van der Waals surface area contributed by atoms with Crippen LogP contribution in [0.1, 0.15) is 6.92 Å². The number of H-pyrrole nitrogens is 1. The van der Waals surface area contributed by atoms with Gasteiger partial charge in [-0.05, 0) is 25.1 Å². The molecule has 1 aromatic carbocycles. The first-order valence-corrected chi connectivity index (χ1v) is 4.75. The molecule has 2 rings (SSSR count). The minimum absolute atomic E-state index is 0.650. The summed E-state index contributed by atoms with van der Waals surface area (Å²) in [5, 5.41) is 3.97. The van der Waals surface area contributed by atoms with Gasteiger partial charge in [0.05, 0.1) is 11.0 Å². The summed E-state index contributed by atoms with van der Waals surface area (Å²) in [4.78, 5) is 7.42. The summed E-state index contributed by atoms with van der Waals surface area (Å²) >= 11 is 0. The van der Waals surface area contributed by atoms with Gasteiger partial charge < -0.3 is 4.98 Å². The molecule has 0 aliphatic carbocycles. The van der Waals surface area contributed by atoms with Crippen molar-refractivity contribution in [2.24, 2.45) is 5.10 Å². The molecule has 2 aromatic rings. The second kappa shape index (κ2) is 4.41. The first-order valence-electron chi connectivity index (χ1n) is 4.75. The van der Waals surface area contributed by atoms with Crippen LogP contribution in [0.25, 0.3) is 11.0 Å². The number of aromatic nitrogens is 2. The van der Waals surface area contributed by atoms with E-state index in [2.05, 4.69) is 20.5 Å². The van der Waals surface area contributed by atoms with Gasteiger partial charge in [0.2, 0.25) is 5.95 Å². The second-order valence-corrected chi connectivity index (χ2v) is 3.02. The van der Waals surface area contributed by atoms with Crippen LogP contribution in [-0.4, -0.2) is 16.2 Å². The number of allylic oxidation sites excluding steroid dienone is 2. The Hall–Kier alpha value is -2.10. The second-order valence-electron chi connectivity index (χ2n) is 3.02. The van der Waals surface area contributed by atoms with Crippen molar-refractivity contribution in [2.75, 3.05) is 5.43 Å². The van der Waals surface area contributed by atoms with Gasteiger partial charge in [0.15, 0.2) is 0 Å². The van der Waals surface area contributed by atoms with Crippen LogP contribution in [-0.2, 0) is 0 Å². The van der Waals surface area contributed by atoms with E-state index in [1.54, 1.807) is 6.21 Å². The molecule has 0 spiro atoms. The molecule has 0 aliphatic heterocycles. The molecule has 0 atom stereocenters. The van der Waals surface area contributed by atoms with E-state index in [0.29, 0.717) is 5.95 Å². The maximum absolute atomic E-state index is 4.31. The van der Waals surface area contributed by atoms with E-state index >= 15 is 0 Å². The predicted octanol–water partition coefficient (Wildman–Crippen LogP) is 2.54.